The lowest BCUT2D eigenvalue weighted by atomic mass is 10.0. The van der Waals surface area contributed by atoms with Crippen LogP contribution in [0.25, 0.3) is 0 Å². The maximum absolute atomic E-state index is 13.8. The number of anilines is 1. The molecule has 0 radical (unpaired) electrons. The van der Waals surface area contributed by atoms with Gasteiger partial charge >= 0.3 is 6.18 Å². The molecule has 178 valence electrons. The van der Waals surface area contributed by atoms with Crippen LogP contribution in [0.2, 0.25) is 0 Å². The summed E-state index contributed by atoms with van der Waals surface area (Å²) in [5.74, 6) is -0.141. The summed E-state index contributed by atoms with van der Waals surface area (Å²) >= 11 is 0. The van der Waals surface area contributed by atoms with E-state index in [1.807, 2.05) is 0 Å². The summed E-state index contributed by atoms with van der Waals surface area (Å²) in [6.07, 6.45) is -2.32. The van der Waals surface area contributed by atoms with Crippen molar-refractivity contribution >= 4 is 11.6 Å². The molecule has 0 heterocycles. The second-order valence-electron chi connectivity index (χ2n) is 8.65. The molecular weight excluding hydrogens is 446 g/mol. The molecule has 1 amide bonds. The molecule has 1 saturated carbocycles. The number of benzene rings is 3. The van der Waals surface area contributed by atoms with E-state index >= 15 is 0 Å². The average Bonchev–Trinajstić information content (AvgIpc) is 3.59. The first kappa shape index (κ1) is 23.8. The van der Waals surface area contributed by atoms with Crippen LogP contribution in [0.4, 0.5) is 23.2 Å². The Morgan fingerprint density at radius 1 is 1.03 bits per heavy atom. The first-order chi connectivity index (χ1) is 16.1. The number of aryl methyl sites for hydroxylation is 2. The summed E-state index contributed by atoms with van der Waals surface area (Å²) in [5.41, 5.74) is 1.69. The number of ether oxygens (including phenoxy) is 1. The van der Waals surface area contributed by atoms with Crippen LogP contribution in [0.1, 0.15) is 56.9 Å². The van der Waals surface area contributed by atoms with E-state index in [2.05, 4.69) is 5.32 Å². The SMILES string of the molecule is Cc1cc(OCCc2ccccc2F)cc(C)c1C(=O)Nc1cc(C2CC2)ccc1C(F)(F)F. The lowest BCUT2D eigenvalue weighted by Crippen LogP contribution is -2.19. The molecule has 1 fully saturated rings. The van der Waals surface area contributed by atoms with E-state index in [4.69, 9.17) is 4.74 Å². The third-order valence-electron chi connectivity index (χ3n) is 5.98. The molecule has 1 aliphatic carbocycles. The van der Waals surface area contributed by atoms with Gasteiger partial charge in [-0.3, -0.25) is 4.79 Å². The summed E-state index contributed by atoms with van der Waals surface area (Å²) in [4.78, 5) is 13.0. The average molecular weight is 471 g/mol. The Kier molecular flexibility index (Phi) is 6.64. The van der Waals surface area contributed by atoms with Gasteiger partial charge in [0.25, 0.3) is 5.91 Å². The second kappa shape index (κ2) is 9.49. The van der Waals surface area contributed by atoms with Gasteiger partial charge in [-0.15, -0.1) is 0 Å². The van der Waals surface area contributed by atoms with E-state index in [1.54, 1.807) is 44.2 Å². The molecule has 3 nitrogen and oxygen atoms in total. The number of rotatable bonds is 7. The Morgan fingerprint density at radius 2 is 1.71 bits per heavy atom. The fourth-order valence-corrected chi connectivity index (χ4v) is 4.11. The molecule has 0 aliphatic heterocycles. The quantitative estimate of drug-likeness (QED) is 0.370. The molecule has 0 atom stereocenters. The summed E-state index contributed by atoms with van der Waals surface area (Å²) in [5, 5.41) is 2.49. The highest BCUT2D eigenvalue weighted by Gasteiger charge is 2.35. The Morgan fingerprint density at radius 3 is 2.32 bits per heavy atom. The highest BCUT2D eigenvalue weighted by Crippen LogP contribution is 2.43. The van der Waals surface area contributed by atoms with Crippen LogP contribution in [0, 0.1) is 19.7 Å². The number of amides is 1. The van der Waals surface area contributed by atoms with Gasteiger partial charge in [-0.2, -0.15) is 13.2 Å². The minimum absolute atomic E-state index is 0.231. The van der Waals surface area contributed by atoms with Gasteiger partial charge in [0.1, 0.15) is 11.6 Å². The normalized spacial score (nSPS) is 13.6. The van der Waals surface area contributed by atoms with E-state index < -0.39 is 17.6 Å². The summed E-state index contributed by atoms with van der Waals surface area (Å²) in [6.45, 7) is 3.65. The zero-order valence-electron chi connectivity index (χ0n) is 18.9. The van der Waals surface area contributed by atoms with Gasteiger partial charge < -0.3 is 10.1 Å². The van der Waals surface area contributed by atoms with Gasteiger partial charge in [0.15, 0.2) is 0 Å². The lowest BCUT2D eigenvalue weighted by molar-refractivity contribution is -0.136. The van der Waals surface area contributed by atoms with E-state index in [9.17, 15) is 22.4 Å². The molecular formula is C27H25F4NO2. The van der Waals surface area contributed by atoms with Crippen molar-refractivity contribution in [3.8, 4) is 5.75 Å². The predicted octanol–water partition coefficient (Wildman–Crippen LogP) is 7.21. The van der Waals surface area contributed by atoms with Gasteiger partial charge in [0.05, 0.1) is 17.9 Å². The summed E-state index contributed by atoms with van der Waals surface area (Å²) in [7, 11) is 0. The molecule has 1 N–H and O–H groups in total. The Bertz CT molecular complexity index is 1190. The standard InChI is InChI=1S/C27H25F4NO2/c1-16-13-21(34-12-11-19-5-3-4-6-23(19)28)14-17(2)25(16)26(33)32-24-15-20(18-7-8-18)9-10-22(24)27(29,30)31/h3-6,9-10,13-15,18H,7-8,11-12H2,1-2H3,(H,32,33). The number of nitrogens with one attached hydrogen (secondary N) is 1. The van der Waals surface area contributed by atoms with Crippen LogP contribution in [0.3, 0.4) is 0 Å². The minimum atomic E-state index is -4.58. The van der Waals surface area contributed by atoms with Gasteiger partial charge in [0.2, 0.25) is 0 Å². The first-order valence-corrected chi connectivity index (χ1v) is 11.1. The molecule has 0 aromatic heterocycles. The number of carbonyl (C=O) groups excluding carboxylic acids is 1. The van der Waals surface area contributed by atoms with Crippen LogP contribution >= 0.6 is 0 Å². The molecule has 0 unspecified atom stereocenters. The molecule has 7 heteroatoms. The van der Waals surface area contributed by atoms with Crippen molar-refractivity contribution in [1.82, 2.24) is 0 Å². The Labute approximate surface area is 195 Å². The number of alkyl halides is 3. The van der Waals surface area contributed by atoms with E-state index in [1.165, 1.54) is 18.2 Å². The molecule has 3 aromatic rings. The topological polar surface area (TPSA) is 38.3 Å². The van der Waals surface area contributed by atoms with Crippen molar-refractivity contribution in [1.29, 1.82) is 0 Å². The second-order valence-corrected chi connectivity index (χ2v) is 8.65. The van der Waals surface area contributed by atoms with Crippen LogP contribution in [0.15, 0.2) is 54.6 Å². The lowest BCUT2D eigenvalue weighted by Gasteiger charge is -2.17. The van der Waals surface area contributed by atoms with Crippen LogP contribution < -0.4 is 10.1 Å². The van der Waals surface area contributed by atoms with Crippen molar-refractivity contribution in [3.63, 3.8) is 0 Å². The van der Waals surface area contributed by atoms with E-state index in [-0.39, 0.29) is 24.0 Å². The van der Waals surface area contributed by atoms with Gasteiger partial charge in [-0.25, -0.2) is 4.39 Å². The molecule has 34 heavy (non-hydrogen) atoms. The molecule has 3 aromatic carbocycles. The molecule has 0 spiro atoms. The first-order valence-electron chi connectivity index (χ1n) is 11.1. The van der Waals surface area contributed by atoms with Crippen molar-refractivity contribution < 1.29 is 27.1 Å². The van der Waals surface area contributed by atoms with Crippen LogP contribution in [-0.4, -0.2) is 12.5 Å². The number of carbonyl (C=O) groups is 1. The summed E-state index contributed by atoms with van der Waals surface area (Å²) in [6, 6.07) is 13.7. The minimum Gasteiger partial charge on any atom is -0.493 e. The van der Waals surface area contributed by atoms with Crippen molar-refractivity contribution in [3.05, 3.63) is 93.8 Å². The van der Waals surface area contributed by atoms with Crippen molar-refractivity contribution in [2.75, 3.05) is 11.9 Å². The molecule has 4 rings (SSSR count). The van der Waals surface area contributed by atoms with E-state index in [0.29, 0.717) is 34.4 Å². The molecule has 0 bridgehead atoms. The maximum atomic E-state index is 13.8. The van der Waals surface area contributed by atoms with Crippen molar-refractivity contribution in [2.45, 2.75) is 45.2 Å². The third-order valence-corrected chi connectivity index (χ3v) is 5.98. The number of hydrogen-bond acceptors (Lipinski definition) is 2. The number of halogens is 4. The highest BCUT2D eigenvalue weighted by atomic mass is 19.4. The van der Waals surface area contributed by atoms with Crippen LogP contribution in [-0.2, 0) is 12.6 Å². The zero-order valence-corrected chi connectivity index (χ0v) is 18.9. The fourth-order valence-electron chi connectivity index (χ4n) is 4.11. The largest absolute Gasteiger partial charge is 0.493 e. The summed E-state index contributed by atoms with van der Waals surface area (Å²) < 4.78 is 60.1. The predicted molar refractivity (Wildman–Crippen MR) is 123 cm³/mol. The van der Waals surface area contributed by atoms with Gasteiger partial charge in [0, 0.05) is 12.0 Å². The monoisotopic (exact) mass is 471 g/mol. The molecule has 0 saturated heterocycles. The van der Waals surface area contributed by atoms with Crippen LogP contribution in [0.5, 0.6) is 5.75 Å². The Balaban J connectivity index is 1.51. The Hall–Kier alpha value is -3.35. The number of hydrogen-bond donors (Lipinski definition) is 1. The van der Waals surface area contributed by atoms with Gasteiger partial charge in [-0.05, 0) is 85.2 Å². The maximum Gasteiger partial charge on any atom is 0.418 e. The smallest absolute Gasteiger partial charge is 0.418 e. The zero-order chi connectivity index (χ0) is 24.5. The van der Waals surface area contributed by atoms with E-state index in [0.717, 1.165) is 24.5 Å². The third kappa shape index (κ3) is 5.41. The fraction of sp³-hybridized carbons (Fsp3) is 0.296. The molecule has 1 aliphatic rings. The highest BCUT2D eigenvalue weighted by molar-refractivity contribution is 6.06. The van der Waals surface area contributed by atoms with Crippen molar-refractivity contribution in [2.24, 2.45) is 0 Å². The van der Waals surface area contributed by atoms with Gasteiger partial charge in [-0.1, -0.05) is 24.3 Å².